The van der Waals surface area contributed by atoms with Crippen LogP contribution in [0.1, 0.15) is 5.69 Å². The molecule has 0 atom stereocenters. The van der Waals surface area contributed by atoms with Gasteiger partial charge in [0.1, 0.15) is 0 Å². The fourth-order valence-corrected chi connectivity index (χ4v) is 3.74. The Labute approximate surface area is 183 Å². The van der Waals surface area contributed by atoms with Crippen LogP contribution in [-0.4, -0.2) is 36.5 Å². The van der Waals surface area contributed by atoms with Crippen LogP contribution in [0.2, 0.25) is 10.0 Å². The fraction of sp³-hybridized carbons (Fsp3) is 0.182. The highest BCUT2D eigenvalue weighted by Gasteiger charge is 2.19. The monoisotopic (exact) mass is 443 g/mol. The van der Waals surface area contributed by atoms with Gasteiger partial charge in [-0.15, -0.1) is 0 Å². The molecule has 0 unspecified atom stereocenters. The molecular weight excluding hydrogens is 425 g/mol. The molecule has 4 aromatic rings. The Morgan fingerprint density at radius 1 is 0.833 bits per heavy atom. The number of methoxy groups -OCH3 is 3. The van der Waals surface area contributed by atoms with Crippen molar-refractivity contribution in [3.05, 3.63) is 52.1 Å². The van der Waals surface area contributed by atoms with Crippen LogP contribution < -0.4 is 14.2 Å². The SMILES string of the molecule is COc1cc(-c2cc(-c3ccc(Cl)c(Cl)c3)nc3n[nH]c(C)c23)cc(OC)c1OC. The maximum Gasteiger partial charge on any atom is 0.203 e. The van der Waals surface area contributed by atoms with Crippen molar-refractivity contribution in [2.75, 3.05) is 21.3 Å². The fourth-order valence-electron chi connectivity index (χ4n) is 3.44. The van der Waals surface area contributed by atoms with E-state index in [1.165, 1.54) is 0 Å². The van der Waals surface area contributed by atoms with Crippen molar-refractivity contribution in [1.29, 1.82) is 0 Å². The van der Waals surface area contributed by atoms with Gasteiger partial charge in [-0.1, -0.05) is 29.3 Å². The molecule has 0 aliphatic heterocycles. The predicted octanol–water partition coefficient (Wildman–Crippen LogP) is 5.93. The molecule has 2 aromatic heterocycles. The second-order valence-electron chi connectivity index (χ2n) is 6.65. The number of hydrogen-bond acceptors (Lipinski definition) is 5. The molecule has 0 saturated heterocycles. The summed E-state index contributed by atoms with van der Waals surface area (Å²) < 4.78 is 16.5. The molecule has 0 aliphatic carbocycles. The number of ether oxygens (including phenoxy) is 3. The highest BCUT2D eigenvalue weighted by molar-refractivity contribution is 6.42. The first kappa shape index (κ1) is 20.3. The number of hydrogen-bond donors (Lipinski definition) is 1. The van der Waals surface area contributed by atoms with Crippen molar-refractivity contribution in [2.24, 2.45) is 0 Å². The van der Waals surface area contributed by atoms with Crippen LogP contribution in [0.3, 0.4) is 0 Å². The van der Waals surface area contributed by atoms with Crippen molar-refractivity contribution < 1.29 is 14.2 Å². The minimum Gasteiger partial charge on any atom is -0.493 e. The number of rotatable bonds is 5. The zero-order valence-electron chi connectivity index (χ0n) is 16.8. The molecule has 6 nitrogen and oxygen atoms in total. The molecule has 0 bridgehead atoms. The van der Waals surface area contributed by atoms with E-state index >= 15 is 0 Å². The second-order valence-corrected chi connectivity index (χ2v) is 7.46. The van der Waals surface area contributed by atoms with Gasteiger partial charge in [-0.2, -0.15) is 5.10 Å². The van der Waals surface area contributed by atoms with Crippen LogP contribution >= 0.6 is 23.2 Å². The summed E-state index contributed by atoms with van der Waals surface area (Å²) in [4.78, 5) is 4.71. The quantitative estimate of drug-likeness (QED) is 0.413. The van der Waals surface area contributed by atoms with Gasteiger partial charge in [0.15, 0.2) is 17.1 Å². The summed E-state index contributed by atoms with van der Waals surface area (Å²) in [5.74, 6) is 1.66. The van der Waals surface area contributed by atoms with Crippen molar-refractivity contribution in [3.8, 4) is 39.6 Å². The van der Waals surface area contributed by atoms with E-state index in [0.717, 1.165) is 33.5 Å². The van der Waals surface area contributed by atoms with E-state index in [9.17, 15) is 0 Å². The van der Waals surface area contributed by atoms with Crippen LogP contribution in [0.5, 0.6) is 17.2 Å². The molecule has 4 rings (SSSR count). The molecule has 2 heterocycles. The number of pyridine rings is 1. The first-order valence-electron chi connectivity index (χ1n) is 9.08. The third-order valence-corrected chi connectivity index (χ3v) is 5.63. The molecule has 0 aliphatic rings. The Bertz CT molecular complexity index is 1230. The van der Waals surface area contributed by atoms with Crippen LogP contribution in [0.25, 0.3) is 33.4 Å². The van der Waals surface area contributed by atoms with Gasteiger partial charge in [0, 0.05) is 16.6 Å². The van der Waals surface area contributed by atoms with Gasteiger partial charge in [-0.05, 0) is 48.4 Å². The zero-order valence-corrected chi connectivity index (χ0v) is 18.4. The smallest absolute Gasteiger partial charge is 0.203 e. The Kier molecular flexibility index (Phi) is 5.45. The number of aromatic nitrogens is 3. The lowest BCUT2D eigenvalue weighted by Gasteiger charge is -2.15. The lowest BCUT2D eigenvalue weighted by Crippen LogP contribution is -1.96. The van der Waals surface area contributed by atoms with Crippen LogP contribution in [0, 0.1) is 6.92 Å². The van der Waals surface area contributed by atoms with Crippen LogP contribution in [0.15, 0.2) is 36.4 Å². The molecule has 0 spiro atoms. The molecule has 30 heavy (non-hydrogen) atoms. The molecule has 2 aromatic carbocycles. The molecule has 0 fully saturated rings. The molecule has 8 heteroatoms. The lowest BCUT2D eigenvalue weighted by atomic mass is 9.98. The van der Waals surface area contributed by atoms with Crippen molar-refractivity contribution in [1.82, 2.24) is 15.2 Å². The number of aryl methyl sites for hydroxylation is 1. The van der Waals surface area contributed by atoms with Crippen molar-refractivity contribution in [3.63, 3.8) is 0 Å². The van der Waals surface area contributed by atoms with E-state index in [2.05, 4.69) is 10.2 Å². The molecule has 0 amide bonds. The van der Waals surface area contributed by atoms with Crippen LogP contribution in [0.4, 0.5) is 0 Å². The Morgan fingerprint density at radius 3 is 2.13 bits per heavy atom. The number of aromatic amines is 1. The highest BCUT2D eigenvalue weighted by Crippen LogP contribution is 2.43. The summed E-state index contributed by atoms with van der Waals surface area (Å²) in [7, 11) is 4.76. The Hall–Kier alpha value is -2.96. The van der Waals surface area contributed by atoms with Crippen molar-refractivity contribution in [2.45, 2.75) is 6.92 Å². The van der Waals surface area contributed by atoms with Gasteiger partial charge >= 0.3 is 0 Å². The summed E-state index contributed by atoms with van der Waals surface area (Å²) in [6.45, 7) is 1.96. The number of halogens is 2. The second kappa shape index (κ2) is 8.05. The van der Waals surface area contributed by atoms with Gasteiger partial charge in [0.25, 0.3) is 0 Å². The summed E-state index contributed by atoms with van der Waals surface area (Å²) in [6, 6.07) is 11.2. The number of nitrogens with zero attached hydrogens (tertiary/aromatic N) is 2. The van der Waals surface area contributed by atoms with E-state index in [0.29, 0.717) is 32.9 Å². The van der Waals surface area contributed by atoms with Gasteiger partial charge in [-0.3, -0.25) is 5.10 Å². The molecule has 154 valence electrons. The molecular formula is C22H19Cl2N3O3. The zero-order chi connectivity index (χ0) is 21.4. The standard InChI is InChI=1S/C22H19Cl2N3O3/c1-11-20-14(13-8-18(28-2)21(30-4)19(9-13)29-3)10-17(25-22(20)27-26-11)12-5-6-15(23)16(24)7-12/h5-10H,1-4H3,(H,25,26,27). The van der Waals surface area contributed by atoms with E-state index in [4.69, 9.17) is 42.4 Å². The summed E-state index contributed by atoms with van der Waals surface area (Å²) in [5.41, 5.74) is 4.85. The number of benzene rings is 2. The molecule has 0 radical (unpaired) electrons. The summed E-state index contributed by atoms with van der Waals surface area (Å²) in [6.07, 6.45) is 0. The van der Waals surface area contributed by atoms with E-state index in [1.54, 1.807) is 33.5 Å². The van der Waals surface area contributed by atoms with E-state index in [1.807, 2.05) is 31.2 Å². The Balaban J connectivity index is 2.01. The maximum absolute atomic E-state index is 6.23. The van der Waals surface area contributed by atoms with Gasteiger partial charge in [-0.25, -0.2) is 4.98 Å². The number of H-pyrrole nitrogens is 1. The third-order valence-electron chi connectivity index (χ3n) is 4.90. The highest BCUT2D eigenvalue weighted by atomic mass is 35.5. The summed E-state index contributed by atoms with van der Waals surface area (Å²) in [5, 5.41) is 9.25. The van der Waals surface area contributed by atoms with Gasteiger partial charge in [0.2, 0.25) is 5.75 Å². The first-order valence-corrected chi connectivity index (χ1v) is 9.84. The largest absolute Gasteiger partial charge is 0.493 e. The first-order chi connectivity index (χ1) is 14.5. The third kappa shape index (κ3) is 3.42. The topological polar surface area (TPSA) is 69.3 Å². The lowest BCUT2D eigenvalue weighted by molar-refractivity contribution is 0.324. The Morgan fingerprint density at radius 2 is 1.53 bits per heavy atom. The molecule has 0 saturated carbocycles. The minimum absolute atomic E-state index is 0.462. The number of nitrogens with one attached hydrogen (secondary N) is 1. The normalized spacial score (nSPS) is 11.0. The number of fused-ring (bicyclic) bond motifs is 1. The molecule has 1 N–H and O–H groups in total. The van der Waals surface area contributed by atoms with E-state index in [-0.39, 0.29) is 0 Å². The predicted molar refractivity (Wildman–Crippen MR) is 119 cm³/mol. The summed E-state index contributed by atoms with van der Waals surface area (Å²) >= 11 is 12.3. The van der Waals surface area contributed by atoms with Crippen LogP contribution in [-0.2, 0) is 0 Å². The maximum atomic E-state index is 6.23. The van der Waals surface area contributed by atoms with E-state index < -0.39 is 0 Å². The van der Waals surface area contributed by atoms with Gasteiger partial charge in [0.05, 0.1) is 37.1 Å². The van der Waals surface area contributed by atoms with Crippen molar-refractivity contribution >= 4 is 34.2 Å². The average molecular weight is 444 g/mol. The van der Waals surface area contributed by atoms with Gasteiger partial charge < -0.3 is 14.2 Å². The average Bonchev–Trinajstić information content (AvgIpc) is 3.14. The minimum atomic E-state index is 0.462.